The Kier molecular flexibility index (Phi) is 2.68. The number of carbonyl (C=O) groups excluding carboxylic acids is 1. The normalized spacial score (nSPS) is 19.5. The third kappa shape index (κ3) is 1.99. The van der Waals surface area contributed by atoms with Crippen LogP contribution in [0.1, 0.15) is 34.8 Å². The predicted molar refractivity (Wildman–Crippen MR) is 62.7 cm³/mol. The van der Waals surface area contributed by atoms with Crippen LogP contribution in [-0.4, -0.2) is 10.9 Å². The van der Waals surface area contributed by atoms with Crippen LogP contribution in [0.15, 0.2) is 24.3 Å². The number of ketones is 1. The molecule has 0 saturated carbocycles. The van der Waals surface area contributed by atoms with Crippen LogP contribution in [0.3, 0.4) is 0 Å². The monoisotopic (exact) mass is 220 g/mol. The zero-order chi connectivity index (χ0) is 10.8. The van der Waals surface area contributed by atoms with E-state index in [9.17, 15) is 4.79 Å². The number of nitrogens with two attached hydrogens (primary N) is 1. The summed E-state index contributed by atoms with van der Waals surface area (Å²) in [5.41, 5.74) is 7.24. The highest BCUT2D eigenvalue weighted by atomic mass is 32.1. The van der Waals surface area contributed by atoms with Gasteiger partial charge >= 0.3 is 0 Å². The molecule has 0 saturated heterocycles. The fourth-order valence-electron chi connectivity index (χ4n) is 1.94. The first-order valence-electron chi connectivity index (χ1n) is 4.86. The van der Waals surface area contributed by atoms with Crippen molar-refractivity contribution >= 4 is 23.1 Å². The molecule has 0 fully saturated rings. The average Bonchev–Trinajstić information content (AvgIpc) is 2.22. The lowest BCUT2D eigenvalue weighted by Gasteiger charge is -2.25. The molecule has 4 heteroatoms. The van der Waals surface area contributed by atoms with Crippen molar-refractivity contribution in [1.29, 1.82) is 0 Å². The van der Waals surface area contributed by atoms with Crippen LogP contribution in [0.2, 0.25) is 0 Å². The van der Waals surface area contributed by atoms with Gasteiger partial charge in [0.15, 0.2) is 10.9 Å². The molecule has 1 aliphatic rings. The minimum Gasteiger partial charge on any atom is -0.376 e. The molecular formula is C11H12N2OS. The number of nitrogens with one attached hydrogen (secondary N) is 1. The van der Waals surface area contributed by atoms with Gasteiger partial charge in [0.2, 0.25) is 0 Å². The fourth-order valence-corrected chi connectivity index (χ4v) is 2.08. The zero-order valence-corrected chi connectivity index (χ0v) is 9.01. The van der Waals surface area contributed by atoms with E-state index in [0.717, 1.165) is 17.5 Å². The Morgan fingerprint density at radius 2 is 2.20 bits per heavy atom. The molecule has 78 valence electrons. The van der Waals surface area contributed by atoms with Gasteiger partial charge in [-0.25, -0.2) is 0 Å². The van der Waals surface area contributed by atoms with Crippen LogP contribution in [0, 0.1) is 0 Å². The van der Waals surface area contributed by atoms with Gasteiger partial charge < -0.3 is 11.1 Å². The second-order valence-corrected chi connectivity index (χ2v) is 4.05. The smallest absolute Gasteiger partial charge is 0.164 e. The molecular weight excluding hydrogens is 208 g/mol. The first-order chi connectivity index (χ1) is 7.18. The molecule has 3 nitrogen and oxygen atoms in total. The van der Waals surface area contributed by atoms with Gasteiger partial charge in [-0.2, -0.15) is 0 Å². The van der Waals surface area contributed by atoms with Gasteiger partial charge in [0, 0.05) is 12.0 Å². The molecule has 0 aromatic heterocycles. The summed E-state index contributed by atoms with van der Waals surface area (Å²) >= 11 is 4.82. The second kappa shape index (κ2) is 3.98. The van der Waals surface area contributed by atoms with Crippen LogP contribution in [0.4, 0.5) is 0 Å². The minimum absolute atomic E-state index is 0.0800. The van der Waals surface area contributed by atoms with Gasteiger partial charge in [-0.05, 0) is 24.2 Å². The topological polar surface area (TPSA) is 55.1 Å². The highest BCUT2D eigenvalue weighted by Gasteiger charge is 2.24. The Morgan fingerprint density at radius 1 is 1.47 bits per heavy atom. The lowest BCUT2D eigenvalue weighted by atomic mass is 9.87. The van der Waals surface area contributed by atoms with Gasteiger partial charge in [0.05, 0.1) is 6.04 Å². The van der Waals surface area contributed by atoms with Crippen molar-refractivity contribution in [3.8, 4) is 0 Å². The molecule has 0 heterocycles. The zero-order valence-electron chi connectivity index (χ0n) is 8.19. The molecule has 1 aromatic rings. The Balaban J connectivity index is 2.36. The van der Waals surface area contributed by atoms with Crippen molar-refractivity contribution in [3.63, 3.8) is 0 Å². The van der Waals surface area contributed by atoms with E-state index in [1.807, 2.05) is 24.3 Å². The number of hydrogen-bond acceptors (Lipinski definition) is 2. The molecule has 0 aliphatic heterocycles. The summed E-state index contributed by atoms with van der Waals surface area (Å²) in [6.07, 6.45) is 1.31. The third-order valence-electron chi connectivity index (χ3n) is 2.61. The molecule has 0 amide bonds. The summed E-state index contributed by atoms with van der Waals surface area (Å²) in [5.74, 6) is 0.201. The lowest BCUT2D eigenvalue weighted by molar-refractivity contribution is 0.0965. The Labute approximate surface area is 93.7 Å². The Bertz CT molecular complexity index is 417. The van der Waals surface area contributed by atoms with Crippen molar-refractivity contribution in [2.75, 3.05) is 0 Å². The quantitative estimate of drug-likeness (QED) is 0.705. The minimum atomic E-state index is 0.0800. The van der Waals surface area contributed by atoms with Crippen molar-refractivity contribution < 1.29 is 4.79 Å². The van der Waals surface area contributed by atoms with E-state index in [1.165, 1.54) is 0 Å². The standard InChI is InChI=1S/C11H12N2OS/c12-11(15)13-9-5-6-10(14)8-4-2-1-3-7(8)9/h1-4,9H,5-6H2,(H3,12,13,15). The van der Waals surface area contributed by atoms with E-state index in [-0.39, 0.29) is 16.9 Å². The number of Topliss-reactive ketones (excluding diaryl/α,β-unsaturated/α-hetero) is 1. The molecule has 3 N–H and O–H groups in total. The van der Waals surface area contributed by atoms with Gasteiger partial charge in [-0.15, -0.1) is 0 Å². The lowest BCUT2D eigenvalue weighted by Crippen LogP contribution is -2.35. The predicted octanol–water partition coefficient (Wildman–Crippen LogP) is 1.54. The van der Waals surface area contributed by atoms with Crippen LogP contribution >= 0.6 is 12.2 Å². The summed E-state index contributed by atoms with van der Waals surface area (Å²) in [6, 6.07) is 7.68. The highest BCUT2D eigenvalue weighted by molar-refractivity contribution is 7.80. The number of carbonyl (C=O) groups is 1. The fraction of sp³-hybridized carbons (Fsp3) is 0.273. The third-order valence-corrected chi connectivity index (χ3v) is 2.73. The molecule has 0 radical (unpaired) electrons. The van der Waals surface area contributed by atoms with Crippen molar-refractivity contribution in [3.05, 3.63) is 35.4 Å². The van der Waals surface area contributed by atoms with E-state index in [4.69, 9.17) is 18.0 Å². The maximum atomic E-state index is 11.6. The molecule has 1 aromatic carbocycles. The van der Waals surface area contributed by atoms with Crippen molar-refractivity contribution in [2.24, 2.45) is 5.73 Å². The number of thiocarbonyl (C=S) groups is 1. The SMILES string of the molecule is NC(=S)NC1CCC(=O)c2ccccc21. The summed E-state index contributed by atoms with van der Waals surface area (Å²) in [6.45, 7) is 0. The van der Waals surface area contributed by atoms with Crippen LogP contribution in [0.25, 0.3) is 0 Å². The maximum Gasteiger partial charge on any atom is 0.164 e. The largest absolute Gasteiger partial charge is 0.376 e. The first kappa shape index (κ1) is 10.1. The average molecular weight is 220 g/mol. The highest BCUT2D eigenvalue weighted by Crippen LogP contribution is 2.29. The van der Waals surface area contributed by atoms with E-state index >= 15 is 0 Å². The number of benzene rings is 1. The van der Waals surface area contributed by atoms with Crippen molar-refractivity contribution in [2.45, 2.75) is 18.9 Å². The summed E-state index contributed by atoms with van der Waals surface area (Å²) in [5, 5.41) is 3.30. The number of rotatable bonds is 1. The summed E-state index contributed by atoms with van der Waals surface area (Å²) in [4.78, 5) is 11.6. The molecule has 0 bridgehead atoms. The number of hydrogen-bond donors (Lipinski definition) is 2. The van der Waals surface area contributed by atoms with Gasteiger partial charge in [0.25, 0.3) is 0 Å². The Hall–Kier alpha value is -1.42. The van der Waals surface area contributed by atoms with E-state index < -0.39 is 0 Å². The second-order valence-electron chi connectivity index (χ2n) is 3.61. The summed E-state index contributed by atoms with van der Waals surface area (Å²) < 4.78 is 0. The molecule has 0 spiro atoms. The molecule has 1 aliphatic carbocycles. The number of fused-ring (bicyclic) bond motifs is 1. The van der Waals surface area contributed by atoms with Crippen LogP contribution < -0.4 is 11.1 Å². The molecule has 15 heavy (non-hydrogen) atoms. The molecule has 2 rings (SSSR count). The van der Waals surface area contributed by atoms with Crippen LogP contribution in [-0.2, 0) is 0 Å². The van der Waals surface area contributed by atoms with Crippen molar-refractivity contribution in [1.82, 2.24) is 5.32 Å². The Morgan fingerprint density at radius 3 is 2.93 bits per heavy atom. The molecule has 1 unspecified atom stereocenters. The van der Waals surface area contributed by atoms with E-state index in [1.54, 1.807) is 0 Å². The van der Waals surface area contributed by atoms with Gasteiger partial charge in [-0.1, -0.05) is 24.3 Å². The summed E-state index contributed by atoms with van der Waals surface area (Å²) in [7, 11) is 0. The first-order valence-corrected chi connectivity index (χ1v) is 5.27. The van der Waals surface area contributed by atoms with Gasteiger partial charge in [-0.3, -0.25) is 4.79 Å². The van der Waals surface area contributed by atoms with Gasteiger partial charge in [0.1, 0.15) is 0 Å². The van der Waals surface area contributed by atoms with Crippen LogP contribution in [0.5, 0.6) is 0 Å². The van der Waals surface area contributed by atoms with E-state index in [2.05, 4.69) is 5.32 Å². The maximum absolute atomic E-state index is 11.6. The van der Waals surface area contributed by atoms with E-state index in [0.29, 0.717) is 6.42 Å². The molecule has 1 atom stereocenters.